The van der Waals surface area contributed by atoms with E-state index in [-0.39, 0.29) is 23.9 Å². The Labute approximate surface area is 129 Å². The van der Waals surface area contributed by atoms with Crippen LogP contribution in [0.2, 0.25) is 0 Å². The van der Waals surface area contributed by atoms with Gasteiger partial charge in [0, 0.05) is 23.7 Å². The lowest BCUT2D eigenvalue weighted by Gasteiger charge is -2.18. The van der Waals surface area contributed by atoms with E-state index in [1.54, 1.807) is 19.3 Å². The third kappa shape index (κ3) is 4.07. The second-order valence-corrected chi connectivity index (χ2v) is 5.41. The van der Waals surface area contributed by atoms with Crippen molar-refractivity contribution in [2.24, 2.45) is 0 Å². The van der Waals surface area contributed by atoms with Gasteiger partial charge in [0.2, 0.25) is 5.91 Å². The first-order chi connectivity index (χ1) is 10.6. The highest BCUT2D eigenvalue weighted by Crippen LogP contribution is 2.18. The molecule has 0 radical (unpaired) electrons. The Kier molecular flexibility index (Phi) is 5.52. The average molecular weight is 302 g/mol. The summed E-state index contributed by atoms with van der Waals surface area (Å²) in [5.74, 6) is -0.154. The molecule has 118 valence electrons. The average Bonchev–Trinajstić information content (AvgIpc) is 2.84. The topological polar surface area (TPSA) is 90.6 Å². The maximum absolute atomic E-state index is 12.3. The SMILES string of the molecule is CCCC[C@@H](NC(=O)Cc1c(C)[nH][nH]c1=O)c1cccnc1. The van der Waals surface area contributed by atoms with Crippen LogP contribution in [0, 0.1) is 6.92 Å². The summed E-state index contributed by atoms with van der Waals surface area (Å²) in [6.45, 7) is 3.89. The summed E-state index contributed by atoms with van der Waals surface area (Å²) in [5.41, 5.74) is 1.94. The van der Waals surface area contributed by atoms with Crippen molar-refractivity contribution in [1.29, 1.82) is 0 Å². The van der Waals surface area contributed by atoms with E-state index in [4.69, 9.17) is 0 Å². The van der Waals surface area contributed by atoms with Gasteiger partial charge in [0.25, 0.3) is 5.56 Å². The number of nitrogens with one attached hydrogen (secondary N) is 3. The summed E-state index contributed by atoms with van der Waals surface area (Å²) < 4.78 is 0. The molecule has 0 aliphatic rings. The van der Waals surface area contributed by atoms with Crippen molar-refractivity contribution in [2.45, 2.75) is 45.6 Å². The van der Waals surface area contributed by atoms with Gasteiger partial charge in [0.15, 0.2) is 0 Å². The summed E-state index contributed by atoms with van der Waals surface area (Å²) in [4.78, 5) is 28.0. The summed E-state index contributed by atoms with van der Waals surface area (Å²) in [5, 5.41) is 8.24. The number of hydrogen-bond acceptors (Lipinski definition) is 3. The standard InChI is InChI=1S/C16H22N4O2/c1-3-4-7-14(12-6-5-8-17-10-12)18-15(21)9-13-11(2)19-20-16(13)22/h5-6,8,10,14H,3-4,7,9H2,1-2H3,(H,18,21)(H2,19,20,22)/t14-/m1/s1. The van der Waals surface area contributed by atoms with Crippen LogP contribution in [0.5, 0.6) is 0 Å². The molecule has 0 saturated heterocycles. The van der Waals surface area contributed by atoms with Crippen molar-refractivity contribution in [2.75, 3.05) is 0 Å². The second-order valence-electron chi connectivity index (χ2n) is 5.41. The zero-order valence-corrected chi connectivity index (χ0v) is 13.0. The molecule has 0 saturated carbocycles. The number of aryl methyl sites for hydroxylation is 1. The van der Waals surface area contributed by atoms with Crippen molar-refractivity contribution in [3.8, 4) is 0 Å². The summed E-state index contributed by atoms with van der Waals surface area (Å²) in [7, 11) is 0. The highest BCUT2D eigenvalue weighted by Gasteiger charge is 2.17. The normalized spacial score (nSPS) is 12.1. The van der Waals surface area contributed by atoms with Crippen LogP contribution in [0.15, 0.2) is 29.3 Å². The molecule has 0 bridgehead atoms. The number of unbranched alkanes of at least 4 members (excludes halogenated alkanes) is 1. The summed E-state index contributed by atoms with van der Waals surface area (Å²) >= 11 is 0. The van der Waals surface area contributed by atoms with Gasteiger partial charge in [0.05, 0.1) is 12.5 Å². The van der Waals surface area contributed by atoms with E-state index in [0.717, 1.165) is 24.8 Å². The highest BCUT2D eigenvalue weighted by molar-refractivity contribution is 5.79. The van der Waals surface area contributed by atoms with Gasteiger partial charge in [0.1, 0.15) is 0 Å². The van der Waals surface area contributed by atoms with E-state index in [1.165, 1.54) is 0 Å². The van der Waals surface area contributed by atoms with Crippen LogP contribution < -0.4 is 10.9 Å². The van der Waals surface area contributed by atoms with Gasteiger partial charge in [-0.2, -0.15) is 0 Å². The van der Waals surface area contributed by atoms with Crippen molar-refractivity contribution in [1.82, 2.24) is 20.5 Å². The van der Waals surface area contributed by atoms with Crippen LogP contribution in [-0.2, 0) is 11.2 Å². The third-order valence-electron chi connectivity index (χ3n) is 3.70. The Bertz CT molecular complexity index is 660. The van der Waals surface area contributed by atoms with Gasteiger partial charge in [-0.1, -0.05) is 25.8 Å². The van der Waals surface area contributed by atoms with Gasteiger partial charge < -0.3 is 10.4 Å². The highest BCUT2D eigenvalue weighted by atomic mass is 16.2. The van der Waals surface area contributed by atoms with E-state index in [0.29, 0.717) is 11.3 Å². The molecule has 2 aromatic heterocycles. The molecular formula is C16H22N4O2. The zero-order chi connectivity index (χ0) is 15.9. The molecule has 1 atom stereocenters. The lowest BCUT2D eigenvalue weighted by molar-refractivity contribution is -0.121. The van der Waals surface area contributed by atoms with Gasteiger partial charge in [-0.15, -0.1) is 0 Å². The van der Waals surface area contributed by atoms with Crippen molar-refractivity contribution >= 4 is 5.91 Å². The molecule has 2 rings (SSSR count). The lowest BCUT2D eigenvalue weighted by Crippen LogP contribution is -2.31. The third-order valence-corrected chi connectivity index (χ3v) is 3.70. The van der Waals surface area contributed by atoms with Crippen molar-refractivity contribution < 1.29 is 4.79 Å². The first-order valence-electron chi connectivity index (χ1n) is 7.57. The number of amides is 1. The zero-order valence-electron chi connectivity index (χ0n) is 13.0. The molecule has 6 nitrogen and oxygen atoms in total. The fourth-order valence-electron chi connectivity index (χ4n) is 2.40. The van der Waals surface area contributed by atoms with Crippen LogP contribution in [-0.4, -0.2) is 21.1 Å². The molecular weight excluding hydrogens is 280 g/mol. The van der Waals surface area contributed by atoms with Crippen molar-refractivity contribution in [3.05, 3.63) is 51.7 Å². The summed E-state index contributed by atoms with van der Waals surface area (Å²) in [6, 6.07) is 3.75. The quantitative estimate of drug-likeness (QED) is 0.730. The first-order valence-corrected chi connectivity index (χ1v) is 7.57. The number of aromatic amines is 2. The first kappa shape index (κ1) is 16.0. The fourth-order valence-corrected chi connectivity index (χ4v) is 2.40. The molecule has 22 heavy (non-hydrogen) atoms. The predicted molar refractivity (Wildman–Crippen MR) is 84.5 cm³/mol. The van der Waals surface area contributed by atoms with E-state index < -0.39 is 0 Å². The summed E-state index contributed by atoms with van der Waals surface area (Å²) in [6.07, 6.45) is 6.50. The molecule has 0 aliphatic heterocycles. The molecule has 3 N–H and O–H groups in total. The second kappa shape index (κ2) is 7.59. The maximum atomic E-state index is 12.3. The molecule has 2 heterocycles. The van der Waals surface area contributed by atoms with Crippen LogP contribution in [0.25, 0.3) is 0 Å². The number of carbonyl (C=O) groups is 1. The van der Waals surface area contributed by atoms with Gasteiger partial charge >= 0.3 is 0 Å². The van der Waals surface area contributed by atoms with Crippen LogP contribution in [0.4, 0.5) is 0 Å². The van der Waals surface area contributed by atoms with Crippen LogP contribution in [0.1, 0.15) is 49.0 Å². The fraction of sp³-hybridized carbons (Fsp3) is 0.438. The van der Waals surface area contributed by atoms with Gasteiger partial charge in [-0.05, 0) is 25.0 Å². The number of pyridine rings is 1. The lowest BCUT2D eigenvalue weighted by atomic mass is 10.0. The molecule has 2 aromatic rings. The van der Waals surface area contributed by atoms with Gasteiger partial charge in [-0.25, -0.2) is 0 Å². The van der Waals surface area contributed by atoms with E-state index in [1.807, 2.05) is 12.1 Å². The molecule has 0 aromatic carbocycles. The van der Waals surface area contributed by atoms with E-state index >= 15 is 0 Å². The minimum absolute atomic E-state index is 0.0699. The Morgan fingerprint density at radius 3 is 2.82 bits per heavy atom. The predicted octanol–water partition coefficient (Wildman–Crippen LogP) is 2.00. The Morgan fingerprint density at radius 2 is 2.23 bits per heavy atom. The molecule has 0 spiro atoms. The smallest absolute Gasteiger partial charge is 0.267 e. The number of rotatable bonds is 7. The minimum atomic E-state index is -0.237. The molecule has 1 amide bonds. The van der Waals surface area contributed by atoms with Gasteiger partial charge in [-0.3, -0.25) is 19.7 Å². The molecule has 6 heteroatoms. The van der Waals surface area contributed by atoms with Crippen LogP contribution in [0.3, 0.4) is 0 Å². The van der Waals surface area contributed by atoms with Crippen LogP contribution >= 0.6 is 0 Å². The van der Waals surface area contributed by atoms with E-state index in [2.05, 4.69) is 27.4 Å². The number of carbonyl (C=O) groups excluding carboxylic acids is 1. The number of H-pyrrole nitrogens is 2. The Balaban J connectivity index is 2.06. The number of aromatic nitrogens is 3. The Morgan fingerprint density at radius 1 is 1.41 bits per heavy atom. The Hall–Kier alpha value is -2.37. The maximum Gasteiger partial charge on any atom is 0.267 e. The minimum Gasteiger partial charge on any atom is -0.349 e. The van der Waals surface area contributed by atoms with E-state index in [9.17, 15) is 9.59 Å². The number of nitrogens with zero attached hydrogens (tertiary/aromatic N) is 1. The number of hydrogen-bond donors (Lipinski definition) is 3. The monoisotopic (exact) mass is 302 g/mol. The molecule has 0 unspecified atom stereocenters. The van der Waals surface area contributed by atoms with Crippen molar-refractivity contribution in [3.63, 3.8) is 0 Å². The largest absolute Gasteiger partial charge is 0.349 e. The molecule has 0 aliphatic carbocycles. The molecule has 0 fully saturated rings.